The monoisotopic (exact) mass is 264 g/mol. The third-order valence-corrected chi connectivity index (χ3v) is 2.94. The van der Waals surface area contributed by atoms with Gasteiger partial charge in [0.25, 0.3) is 0 Å². The minimum atomic E-state index is -0.450. The Morgan fingerprint density at radius 1 is 1.39 bits per heavy atom. The van der Waals surface area contributed by atoms with Gasteiger partial charge in [-0.1, -0.05) is 41.9 Å². The molecule has 0 saturated heterocycles. The highest BCUT2D eigenvalue weighted by atomic mass is 35.5. The van der Waals surface area contributed by atoms with Gasteiger partial charge in [0, 0.05) is 12.6 Å². The van der Waals surface area contributed by atoms with Crippen LogP contribution < -0.4 is 0 Å². The number of aryl methyl sites for hydroxylation is 1. The maximum absolute atomic E-state index is 11.9. The second kappa shape index (κ2) is 5.23. The first-order valence-electron chi connectivity index (χ1n) is 5.60. The van der Waals surface area contributed by atoms with Crippen molar-refractivity contribution in [2.24, 2.45) is 7.05 Å². The average molecular weight is 265 g/mol. The first-order chi connectivity index (χ1) is 8.65. The number of rotatable bonds is 3. The van der Waals surface area contributed by atoms with Gasteiger partial charge in [-0.3, -0.25) is 4.68 Å². The molecule has 0 spiro atoms. The summed E-state index contributed by atoms with van der Waals surface area (Å²) in [6, 6.07) is 9.42. The molecule has 0 unspecified atom stereocenters. The van der Waals surface area contributed by atoms with Crippen LogP contribution in [-0.4, -0.2) is 22.4 Å². The van der Waals surface area contributed by atoms with E-state index in [-0.39, 0.29) is 5.15 Å². The fourth-order valence-corrected chi connectivity index (χ4v) is 1.89. The number of ether oxygens (including phenoxy) is 1. The number of halogens is 1. The molecule has 0 N–H and O–H groups in total. The predicted molar refractivity (Wildman–Crippen MR) is 69.6 cm³/mol. The Labute approximate surface area is 110 Å². The lowest BCUT2D eigenvalue weighted by Gasteiger charge is -2.02. The molecular weight excluding hydrogens is 252 g/mol. The van der Waals surface area contributed by atoms with Gasteiger partial charge in [-0.05, 0) is 6.92 Å². The van der Waals surface area contributed by atoms with E-state index in [0.29, 0.717) is 17.9 Å². The summed E-state index contributed by atoms with van der Waals surface area (Å²) in [7, 11) is 1.69. The Balaban J connectivity index is 2.55. The van der Waals surface area contributed by atoms with Crippen molar-refractivity contribution in [1.82, 2.24) is 9.78 Å². The molecule has 0 aliphatic rings. The molecule has 0 radical (unpaired) electrons. The molecule has 5 heteroatoms. The van der Waals surface area contributed by atoms with Crippen molar-refractivity contribution in [1.29, 1.82) is 0 Å². The van der Waals surface area contributed by atoms with Crippen LogP contribution in [0, 0.1) is 0 Å². The molecular formula is C13H13ClN2O2. The SMILES string of the molecule is CCOC(=O)c1c(-c2ccccc2)nn(C)c1Cl. The number of hydrogen-bond acceptors (Lipinski definition) is 3. The van der Waals surface area contributed by atoms with E-state index in [1.165, 1.54) is 4.68 Å². The zero-order valence-corrected chi connectivity index (χ0v) is 10.9. The highest BCUT2D eigenvalue weighted by Crippen LogP contribution is 2.28. The molecule has 2 aromatic rings. The summed E-state index contributed by atoms with van der Waals surface area (Å²) in [6.07, 6.45) is 0. The summed E-state index contributed by atoms with van der Waals surface area (Å²) in [5.41, 5.74) is 1.69. The van der Waals surface area contributed by atoms with Gasteiger partial charge in [0.1, 0.15) is 16.4 Å². The zero-order valence-electron chi connectivity index (χ0n) is 10.2. The van der Waals surface area contributed by atoms with Gasteiger partial charge in [0.2, 0.25) is 0 Å². The topological polar surface area (TPSA) is 44.1 Å². The Morgan fingerprint density at radius 2 is 2.06 bits per heavy atom. The molecule has 94 valence electrons. The van der Waals surface area contributed by atoms with Gasteiger partial charge in [-0.15, -0.1) is 0 Å². The van der Waals surface area contributed by atoms with Crippen molar-refractivity contribution in [2.45, 2.75) is 6.92 Å². The van der Waals surface area contributed by atoms with E-state index in [1.54, 1.807) is 14.0 Å². The molecule has 0 aliphatic heterocycles. The van der Waals surface area contributed by atoms with Crippen LogP contribution >= 0.6 is 11.6 Å². The summed E-state index contributed by atoms with van der Waals surface area (Å²) < 4.78 is 6.48. The van der Waals surface area contributed by atoms with Gasteiger partial charge >= 0.3 is 5.97 Å². The van der Waals surface area contributed by atoms with E-state index in [2.05, 4.69) is 5.10 Å². The predicted octanol–water partition coefficient (Wildman–Crippen LogP) is 2.92. The van der Waals surface area contributed by atoms with E-state index >= 15 is 0 Å². The number of benzene rings is 1. The van der Waals surface area contributed by atoms with Crippen molar-refractivity contribution in [3.63, 3.8) is 0 Å². The molecule has 0 fully saturated rings. The minimum absolute atomic E-state index is 0.285. The van der Waals surface area contributed by atoms with Crippen molar-refractivity contribution < 1.29 is 9.53 Å². The Bertz CT molecular complexity index is 564. The van der Waals surface area contributed by atoms with E-state index in [4.69, 9.17) is 16.3 Å². The number of nitrogens with zero attached hydrogens (tertiary/aromatic N) is 2. The molecule has 2 rings (SSSR count). The lowest BCUT2D eigenvalue weighted by atomic mass is 10.1. The highest BCUT2D eigenvalue weighted by molar-refractivity contribution is 6.33. The summed E-state index contributed by atoms with van der Waals surface area (Å²) >= 11 is 6.09. The third kappa shape index (κ3) is 2.24. The first kappa shape index (κ1) is 12.6. The van der Waals surface area contributed by atoms with Crippen LogP contribution in [0.5, 0.6) is 0 Å². The van der Waals surface area contributed by atoms with Crippen LogP contribution in [0.3, 0.4) is 0 Å². The van der Waals surface area contributed by atoms with Crippen LogP contribution in [-0.2, 0) is 11.8 Å². The van der Waals surface area contributed by atoms with E-state index in [0.717, 1.165) is 5.56 Å². The second-order valence-corrected chi connectivity index (χ2v) is 4.08. The van der Waals surface area contributed by atoms with Crippen LogP contribution in [0.2, 0.25) is 5.15 Å². The van der Waals surface area contributed by atoms with Crippen LogP contribution in [0.25, 0.3) is 11.3 Å². The van der Waals surface area contributed by atoms with Gasteiger partial charge in [0.05, 0.1) is 6.61 Å². The standard InChI is InChI=1S/C13H13ClN2O2/c1-3-18-13(17)10-11(15-16(2)12(10)14)9-7-5-4-6-8-9/h4-8H,3H2,1-2H3. The Hall–Kier alpha value is -1.81. The first-order valence-corrected chi connectivity index (χ1v) is 5.98. The molecule has 0 aliphatic carbocycles. The number of esters is 1. The molecule has 1 aromatic heterocycles. The second-order valence-electron chi connectivity index (χ2n) is 3.72. The fourth-order valence-electron chi connectivity index (χ4n) is 1.69. The van der Waals surface area contributed by atoms with Gasteiger partial charge in [-0.2, -0.15) is 5.10 Å². The molecule has 0 saturated carbocycles. The van der Waals surface area contributed by atoms with Crippen molar-refractivity contribution >= 4 is 17.6 Å². The largest absolute Gasteiger partial charge is 0.462 e. The molecule has 4 nitrogen and oxygen atoms in total. The quantitative estimate of drug-likeness (QED) is 0.801. The third-order valence-electron chi connectivity index (χ3n) is 2.50. The number of carbonyl (C=O) groups excluding carboxylic acids is 1. The summed E-state index contributed by atoms with van der Waals surface area (Å²) in [5, 5.41) is 4.55. The zero-order chi connectivity index (χ0) is 13.1. The lowest BCUT2D eigenvalue weighted by Crippen LogP contribution is -2.06. The van der Waals surface area contributed by atoms with Gasteiger partial charge < -0.3 is 4.74 Å². The van der Waals surface area contributed by atoms with Crippen molar-refractivity contribution in [2.75, 3.05) is 6.61 Å². The van der Waals surface area contributed by atoms with Crippen molar-refractivity contribution in [3.05, 3.63) is 41.0 Å². The van der Waals surface area contributed by atoms with Gasteiger partial charge in [0.15, 0.2) is 0 Å². The Kier molecular flexibility index (Phi) is 3.67. The summed E-state index contributed by atoms with van der Waals surface area (Å²) in [4.78, 5) is 11.9. The summed E-state index contributed by atoms with van der Waals surface area (Å²) in [5.74, 6) is -0.450. The van der Waals surface area contributed by atoms with E-state index < -0.39 is 5.97 Å². The smallest absolute Gasteiger partial charge is 0.343 e. The van der Waals surface area contributed by atoms with Gasteiger partial charge in [-0.25, -0.2) is 4.79 Å². The molecule has 0 amide bonds. The normalized spacial score (nSPS) is 10.4. The molecule has 1 aromatic carbocycles. The molecule has 0 bridgehead atoms. The molecule has 1 heterocycles. The van der Waals surface area contributed by atoms with Crippen LogP contribution in [0.1, 0.15) is 17.3 Å². The average Bonchev–Trinajstić information content (AvgIpc) is 2.67. The fraction of sp³-hybridized carbons (Fsp3) is 0.231. The van der Waals surface area contributed by atoms with Crippen LogP contribution in [0.15, 0.2) is 30.3 Å². The number of hydrogen-bond donors (Lipinski definition) is 0. The maximum atomic E-state index is 11.9. The number of aromatic nitrogens is 2. The highest BCUT2D eigenvalue weighted by Gasteiger charge is 2.23. The van der Waals surface area contributed by atoms with Crippen molar-refractivity contribution in [3.8, 4) is 11.3 Å². The lowest BCUT2D eigenvalue weighted by molar-refractivity contribution is 0.0527. The maximum Gasteiger partial charge on any atom is 0.343 e. The van der Waals surface area contributed by atoms with E-state index in [1.807, 2.05) is 30.3 Å². The minimum Gasteiger partial charge on any atom is -0.462 e. The molecule has 18 heavy (non-hydrogen) atoms. The summed E-state index contributed by atoms with van der Waals surface area (Å²) in [6.45, 7) is 2.06. The van der Waals surface area contributed by atoms with Crippen LogP contribution in [0.4, 0.5) is 0 Å². The Morgan fingerprint density at radius 3 is 2.67 bits per heavy atom. The van der Waals surface area contributed by atoms with E-state index in [9.17, 15) is 4.79 Å². The number of carbonyl (C=O) groups is 1. The molecule has 0 atom stereocenters.